The standard InChI is InChI=1S/C14H17Cl2NO2/c1-9-4-3-5-12(13(9)16)14(18)17-7-10(2)19-11(6-15)8-17/h3-5,10-11H,6-8H2,1-2H3. The summed E-state index contributed by atoms with van der Waals surface area (Å²) in [6, 6.07) is 5.49. The van der Waals surface area contributed by atoms with Crippen molar-refractivity contribution in [2.45, 2.75) is 26.1 Å². The number of hydrogen-bond donors (Lipinski definition) is 0. The lowest BCUT2D eigenvalue weighted by Crippen LogP contribution is -2.49. The first kappa shape index (κ1) is 14.6. The second-order valence-electron chi connectivity index (χ2n) is 4.87. The van der Waals surface area contributed by atoms with Crippen molar-refractivity contribution in [1.82, 2.24) is 4.90 Å². The van der Waals surface area contributed by atoms with Crippen molar-refractivity contribution < 1.29 is 9.53 Å². The molecule has 0 bridgehead atoms. The van der Waals surface area contributed by atoms with Crippen LogP contribution in [0.25, 0.3) is 0 Å². The lowest BCUT2D eigenvalue weighted by atomic mass is 10.1. The minimum absolute atomic E-state index is 0.00923. The number of carbonyl (C=O) groups is 1. The lowest BCUT2D eigenvalue weighted by molar-refractivity contribution is -0.0570. The van der Waals surface area contributed by atoms with Crippen LogP contribution in [0.2, 0.25) is 5.02 Å². The van der Waals surface area contributed by atoms with Crippen LogP contribution in [0, 0.1) is 6.92 Å². The van der Waals surface area contributed by atoms with E-state index in [4.69, 9.17) is 27.9 Å². The van der Waals surface area contributed by atoms with Gasteiger partial charge < -0.3 is 9.64 Å². The molecular weight excluding hydrogens is 285 g/mol. The summed E-state index contributed by atoms with van der Waals surface area (Å²) in [6.07, 6.45) is -0.122. The molecule has 104 valence electrons. The van der Waals surface area contributed by atoms with Crippen molar-refractivity contribution in [3.05, 3.63) is 34.3 Å². The number of halogens is 2. The number of nitrogens with zero attached hydrogens (tertiary/aromatic N) is 1. The van der Waals surface area contributed by atoms with E-state index in [0.717, 1.165) is 5.56 Å². The molecular formula is C14H17Cl2NO2. The molecule has 1 amide bonds. The maximum atomic E-state index is 12.5. The van der Waals surface area contributed by atoms with Gasteiger partial charge in [0.2, 0.25) is 0 Å². The Bertz CT molecular complexity index is 479. The van der Waals surface area contributed by atoms with Gasteiger partial charge in [0.05, 0.1) is 28.7 Å². The molecule has 1 aromatic rings. The van der Waals surface area contributed by atoms with Crippen LogP contribution >= 0.6 is 23.2 Å². The van der Waals surface area contributed by atoms with Gasteiger partial charge in [-0.2, -0.15) is 0 Å². The van der Waals surface area contributed by atoms with Crippen LogP contribution in [0.3, 0.4) is 0 Å². The van der Waals surface area contributed by atoms with Gasteiger partial charge in [-0.15, -0.1) is 11.6 Å². The van der Waals surface area contributed by atoms with Gasteiger partial charge >= 0.3 is 0 Å². The van der Waals surface area contributed by atoms with E-state index in [2.05, 4.69) is 0 Å². The number of amides is 1. The van der Waals surface area contributed by atoms with E-state index < -0.39 is 0 Å². The van der Waals surface area contributed by atoms with Gasteiger partial charge in [0, 0.05) is 13.1 Å². The normalized spacial score (nSPS) is 23.5. The van der Waals surface area contributed by atoms with Crippen molar-refractivity contribution >= 4 is 29.1 Å². The highest BCUT2D eigenvalue weighted by Crippen LogP contribution is 2.23. The van der Waals surface area contributed by atoms with E-state index in [1.54, 1.807) is 11.0 Å². The Labute approximate surface area is 123 Å². The van der Waals surface area contributed by atoms with Crippen LogP contribution in [0.1, 0.15) is 22.8 Å². The van der Waals surface area contributed by atoms with Gasteiger partial charge in [-0.3, -0.25) is 4.79 Å². The molecule has 1 aliphatic heterocycles. The molecule has 1 fully saturated rings. The van der Waals surface area contributed by atoms with Crippen LogP contribution in [0.15, 0.2) is 18.2 Å². The molecule has 3 nitrogen and oxygen atoms in total. The highest BCUT2D eigenvalue weighted by Gasteiger charge is 2.29. The molecule has 1 aromatic carbocycles. The highest BCUT2D eigenvalue weighted by atomic mass is 35.5. The zero-order chi connectivity index (χ0) is 14.0. The summed E-state index contributed by atoms with van der Waals surface area (Å²) in [5.41, 5.74) is 1.45. The van der Waals surface area contributed by atoms with Gasteiger partial charge in [-0.05, 0) is 25.5 Å². The quantitative estimate of drug-likeness (QED) is 0.786. The second kappa shape index (κ2) is 6.12. The number of alkyl halides is 1. The van der Waals surface area contributed by atoms with Crippen LogP contribution in [-0.2, 0) is 4.74 Å². The summed E-state index contributed by atoms with van der Waals surface area (Å²) in [5, 5.41) is 0.522. The Hall–Kier alpha value is -0.770. The largest absolute Gasteiger partial charge is 0.370 e. The third kappa shape index (κ3) is 3.22. The number of carbonyl (C=O) groups excluding carboxylic acids is 1. The predicted octanol–water partition coefficient (Wildman–Crippen LogP) is 3.12. The maximum absolute atomic E-state index is 12.5. The molecule has 0 spiro atoms. The smallest absolute Gasteiger partial charge is 0.255 e. The first-order valence-electron chi connectivity index (χ1n) is 6.28. The Balaban J connectivity index is 2.21. The van der Waals surface area contributed by atoms with Gasteiger partial charge in [0.1, 0.15) is 0 Å². The monoisotopic (exact) mass is 301 g/mol. The summed E-state index contributed by atoms with van der Waals surface area (Å²) >= 11 is 12.0. The average molecular weight is 302 g/mol. The Morgan fingerprint density at radius 3 is 2.89 bits per heavy atom. The first-order valence-corrected chi connectivity index (χ1v) is 7.20. The average Bonchev–Trinajstić information content (AvgIpc) is 2.40. The molecule has 1 saturated heterocycles. The van der Waals surface area contributed by atoms with Crippen LogP contribution in [0.4, 0.5) is 0 Å². The van der Waals surface area contributed by atoms with E-state index in [0.29, 0.717) is 29.6 Å². The number of aryl methyl sites for hydroxylation is 1. The van der Waals surface area contributed by atoms with Gasteiger partial charge in [-0.1, -0.05) is 23.7 Å². The number of rotatable bonds is 2. The zero-order valence-electron chi connectivity index (χ0n) is 11.0. The molecule has 1 aliphatic rings. The zero-order valence-corrected chi connectivity index (χ0v) is 12.5. The molecule has 0 aliphatic carbocycles. The molecule has 2 unspecified atom stereocenters. The number of morpholine rings is 1. The molecule has 0 N–H and O–H groups in total. The van der Waals surface area contributed by atoms with Crippen molar-refractivity contribution in [3.8, 4) is 0 Å². The molecule has 2 atom stereocenters. The summed E-state index contributed by atoms with van der Waals surface area (Å²) in [4.78, 5) is 14.3. The molecule has 19 heavy (non-hydrogen) atoms. The Kier molecular flexibility index (Phi) is 4.71. The molecule has 5 heteroatoms. The fraction of sp³-hybridized carbons (Fsp3) is 0.500. The van der Waals surface area contributed by atoms with Crippen molar-refractivity contribution in [3.63, 3.8) is 0 Å². The fourth-order valence-electron chi connectivity index (χ4n) is 2.28. The summed E-state index contributed by atoms with van der Waals surface area (Å²) in [7, 11) is 0. The summed E-state index contributed by atoms with van der Waals surface area (Å²) in [6.45, 7) is 4.91. The van der Waals surface area contributed by atoms with Crippen LogP contribution in [0.5, 0.6) is 0 Å². The van der Waals surface area contributed by atoms with Crippen LogP contribution < -0.4 is 0 Å². The van der Waals surface area contributed by atoms with E-state index >= 15 is 0 Å². The Morgan fingerprint density at radius 2 is 2.21 bits per heavy atom. The molecule has 0 radical (unpaired) electrons. The summed E-state index contributed by atoms with van der Waals surface area (Å²) in [5.74, 6) is 0.328. The predicted molar refractivity (Wildman–Crippen MR) is 77.1 cm³/mol. The fourth-order valence-corrected chi connectivity index (χ4v) is 2.66. The minimum atomic E-state index is -0.113. The number of ether oxygens (including phenoxy) is 1. The van der Waals surface area contributed by atoms with Gasteiger partial charge in [-0.25, -0.2) is 0 Å². The molecule has 0 saturated carbocycles. The third-order valence-corrected chi connectivity index (χ3v) is 4.05. The molecule has 2 rings (SSSR count). The van der Waals surface area contributed by atoms with Crippen LogP contribution in [-0.4, -0.2) is 42.0 Å². The van der Waals surface area contributed by atoms with Gasteiger partial charge in [0.25, 0.3) is 5.91 Å². The van der Waals surface area contributed by atoms with E-state index in [9.17, 15) is 4.79 Å². The van der Waals surface area contributed by atoms with E-state index in [1.807, 2.05) is 26.0 Å². The Morgan fingerprint density at radius 1 is 1.47 bits per heavy atom. The highest BCUT2D eigenvalue weighted by molar-refractivity contribution is 6.34. The maximum Gasteiger partial charge on any atom is 0.255 e. The van der Waals surface area contributed by atoms with Crippen molar-refractivity contribution in [1.29, 1.82) is 0 Å². The minimum Gasteiger partial charge on any atom is -0.370 e. The first-order chi connectivity index (χ1) is 9.02. The van der Waals surface area contributed by atoms with E-state index in [1.165, 1.54) is 0 Å². The van der Waals surface area contributed by atoms with Crippen molar-refractivity contribution in [2.24, 2.45) is 0 Å². The lowest BCUT2D eigenvalue weighted by Gasteiger charge is -2.36. The summed E-state index contributed by atoms with van der Waals surface area (Å²) < 4.78 is 5.65. The SMILES string of the molecule is Cc1cccc(C(=O)N2CC(C)OC(CCl)C2)c1Cl. The number of benzene rings is 1. The second-order valence-corrected chi connectivity index (χ2v) is 5.56. The van der Waals surface area contributed by atoms with Crippen molar-refractivity contribution in [2.75, 3.05) is 19.0 Å². The van der Waals surface area contributed by atoms with Gasteiger partial charge in [0.15, 0.2) is 0 Å². The molecule has 0 aromatic heterocycles. The molecule has 1 heterocycles. The number of hydrogen-bond acceptors (Lipinski definition) is 2. The topological polar surface area (TPSA) is 29.5 Å². The van der Waals surface area contributed by atoms with E-state index in [-0.39, 0.29) is 18.1 Å². The third-order valence-electron chi connectivity index (χ3n) is 3.21.